The summed E-state index contributed by atoms with van der Waals surface area (Å²) in [6.45, 7) is 4.48. The fourth-order valence-corrected chi connectivity index (χ4v) is 3.84. The van der Waals surface area contributed by atoms with Crippen molar-refractivity contribution in [2.24, 2.45) is 0 Å². The van der Waals surface area contributed by atoms with E-state index in [9.17, 15) is 9.59 Å². The van der Waals surface area contributed by atoms with Gasteiger partial charge in [-0.2, -0.15) is 0 Å². The Morgan fingerprint density at radius 2 is 1.77 bits per heavy atom. The van der Waals surface area contributed by atoms with Crippen LogP contribution < -0.4 is 20.1 Å². The van der Waals surface area contributed by atoms with E-state index in [1.165, 1.54) is 0 Å². The molecule has 0 bridgehead atoms. The van der Waals surface area contributed by atoms with Gasteiger partial charge in [-0.05, 0) is 49.1 Å². The van der Waals surface area contributed by atoms with Crippen LogP contribution in [0.5, 0.6) is 11.5 Å². The first-order chi connectivity index (χ1) is 14.4. The number of benzene rings is 2. The molecule has 2 aromatic carbocycles. The number of fused-ring (bicyclic) bond motifs is 1. The molecule has 2 aromatic rings. The minimum absolute atomic E-state index is 0.0424. The van der Waals surface area contributed by atoms with Crippen LogP contribution in [0.2, 0.25) is 0 Å². The van der Waals surface area contributed by atoms with Gasteiger partial charge in [0.05, 0.1) is 26.8 Å². The first-order valence-corrected chi connectivity index (χ1v) is 10.1. The zero-order valence-corrected chi connectivity index (χ0v) is 17.9. The van der Waals surface area contributed by atoms with E-state index in [1.54, 1.807) is 14.2 Å². The third kappa shape index (κ3) is 4.91. The lowest BCUT2D eigenvalue weighted by Crippen LogP contribution is -2.48. The number of hydrogen-bond donors (Lipinski definition) is 2. The summed E-state index contributed by atoms with van der Waals surface area (Å²) in [6, 6.07) is 13.4. The standard InChI is InChI=1S/C23H29N3O4/c1-15(2)24-23(28)25-21(27)14-26-11-10-17-12-19(29-3)20(30-4)13-18(17)22(26)16-8-6-5-7-9-16/h5-9,12-13,15,22H,10-11,14H2,1-4H3,(H2,24,25,27,28)/t22-/m1/s1. The van der Waals surface area contributed by atoms with Crippen molar-refractivity contribution >= 4 is 11.9 Å². The highest BCUT2D eigenvalue weighted by Crippen LogP contribution is 2.40. The second-order valence-electron chi connectivity index (χ2n) is 7.62. The summed E-state index contributed by atoms with van der Waals surface area (Å²) in [5.74, 6) is 1.01. The van der Waals surface area contributed by atoms with Gasteiger partial charge in [-0.15, -0.1) is 0 Å². The highest BCUT2D eigenvalue weighted by atomic mass is 16.5. The lowest BCUT2D eigenvalue weighted by molar-refractivity contribution is -0.121. The molecule has 7 nitrogen and oxygen atoms in total. The van der Waals surface area contributed by atoms with Gasteiger partial charge in [0, 0.05) is 12.6 Å². The van der Waals surface area contributed by atoms with E-state index in [-0.39, 0.29) is 24.5 Å². The number of ether oxygens (including phenoxy) is 2. The van der Waals surface area contributed by atoms with Crippen LogP contribution >= 0.6 is 0 Å². The number of carbonyl (C=O) groups excluding carboxylic acids is 2. The molecule has 30 heavy (non-hydrogen) atoms. The topological polar surface area (TPSA) is 79.9 Å². The van der Waals surface area contributed by atoms with Gasteiger partial charge in [0.2, 0.25) is 5.91 Å². The quantitative estimate of drug-likeness (QED) is 0.764. The summed E-state index contributed by atoms with van der Waals surface area (Å²) < 4.78 is 11.0. The molecule has 0 fully saturated rings. The van der Waals surface area contributed by atoms with Crippen molar-refractivity contribution < 1.29 is 19.1 Å². The minimum atomic E-state index is -0.477. The smallest absolute Gasteiger partial charge is 0.321 e. The molecular formula is C23H29N3O4. The predicted octanol–water partition coefficient (Wildman–Crippen LogP) is 2.89. The number of nitrogens with zero attached hydrogens (tertiary/aromatic N) is 1. The average Bonchev–Trinajstić information content (AvgIpc) is 2.72. The molecule has 2 N–H and O–H groups in total. The number of methoxy groups -OCH3 is 2. The van der Waals surface area contributed by atoms with E-state index in [2.05, 4.69) is 15.5 Å². The Hall–Kier alpha value is -3.06. The zero-order valence-electron chi connectivity index (χ0n) is 17.9. The Kier molecular flexibility index (Phi) is 6.95. The van der Waals surface area contributed by atoms with E-state index >= 15 is 0 Å². The van der Waals surface area contributed by atoms with Crippen LogP contribution in [0.15, 0.2) is 42.5 Å². The molecule has 160 valence electrons. The molecule has 1 heterocycles. The Balaban J connectivity index is 1.91. The SMILES string of the molecule is COc1cc2c(cc1OC)[C@@H](c1ccccc1)N(CC(=O)NC(=O)NC(C)C)CC2. The molecule has 0 aromatic heterocycles. The molecule has 0 spiro atoms. The van der Waals surface area contributed by atoms with Crippen LogP contribution in [-0.2, 0) is 11.2 Å². The summed E-state index contributed by atoms with van der Waals surface area (Å²) >= 11 is 0. The molecule has 0 saturated heterocycles. The third-order valence-electron chi connectivity index (χ3n) is 5.11. The fraction of sp³-hybridized carbons (Fsp3) is 0.391. The van der Waals surface area contributed by atoms with Crippen LogP contribution in [-0.4, -0.2) is 50.2 Å². The van der Waals surface area contributed by atoms with Crippen LogP contribution in [0.25, 0.3) is 0 Å². The van der Waals surface area contributed by atoms with Crippen LogP contribution in [0.1, 0.15) is 36.6 Å². The molecule has 1 aliphatic heterocycles. The maximum absolute atomic E-state index is 12.6. The lowest BCUT2D eigenvalue weighted by Gasteiger charge is -2.37. The van der Waals surface area contributed by atoms with Crippen molar-refractivity contribution in [2.45, 2.75) is 32.4 Å². The first kappa shape index (κ1) is 21.6. The number of urea groups is 1. The average molecular weight is 412 g/mol. The van der Waals surface area contributed by atoms with Gasteiger partial charge >= 0.3 is 6.03 Å². The van der Waals surface area contributed by atoms with Crippen molar-refractivity contribution in [1.29, 1.82) is 0 Å². The summed E-state index contributed by atoms with van der Waals surface area (Å²) in [4.78, 5) is 26.6. The Bertz CT molecular complexity index is 899. The van der Waals surface area contributed by atoms with E-state index in [1.807, 2.05) is 56.3 Å². The minimum Gasteiger partial charge on any atom is -0.493 e. The number of amides is 3. The summed E-state index contributed by atoms with van der Waals surface area (Å²) in [5, 5.41) is 5.10. The van der Waals surface area contributed by atoms with Gasteiger partial charge in [0.1, 0.15) is 0 Å². The van der Waals surface area contributed by atoms with Crippen molar-refractivity contribution in [3.05, 3.63) is 59.2 Å². The van der Waals surface area contributed by atoms with Crippen molar-refractivity contribution in [3.63, 3.8) is 0 Å². The second-order valence-corrected chi connectivity index (χ2v) is 7.62. The molecule has 3 amide bonds. The monoisotopic (exact) mass is 411 g/mol. The molecule has 1 aliphatic rings. The van der Waals surface area contributed by atoms with Gasteiger partial charge < -0.3 is 14.8 Å². The van der Waals surface area contributed by atoms with Crippen molar-refractivity contribution in [1.82, 2.24) is 15.5 Å². The lowest BCUT2D eigenvalue weighted by atomic mass is 9.87. The number of rotatable bonds is 6. The maximum Gasteiger partial charge on any atom is 0.321 e. The fourth-order valence-electron chi connectivity index (χ4n) is 3.84. The van der Waals surface area contributed by atoms with E-state index < -0.39 is 6.03 Å². The first-order valence-electron chi connectivity index (χ1n) is 10.1. The number of hydrogen-bond acceptors (Lipinski definition) is 5. The van der Waals surface area contributed by atoms with Gasteiger partial charge in [0.25, 0.3) is 0 Å². The van der Waals surface area contributed by atoms with Crippen LogP contribution in [0.4, 0.5) is 4.79 Å². The van der Waals surface area contributed by atoms with E-state index in [0.717, 1.165) is 23.1 Å². The summed E-state index contributed by atoms with van der Waals surface area (Å²) in [6.07, 6.45) is 0.768. The third-order valence-corrected chi connectivity index (χ3v) is 5.11. The Morgan fingerprint density at radius 3 is 2.40 bits per heavy atom. The summed E-state index contributed by atoms with van der Waals surface area (Å²) in [7, 11) is 3.24. The van der Waals surface area contributed by atoms with E-state index in [4.69, 9.17) is 9.47 Å². The molecule has 0 aliphatic carbocycles. The zero-order chi connectivity index (χ0) is 21.7. The van der Waals surface area contributed by atoms with Gasteiger partial charge in [-0.1, -0.05) is 30.3 Å². The molecule has 3 rings (SSSR count). The largest absolute Gasteiger partial charge is 0.493 e. The normalized spacial score (nSPS) is 16.0. The molecular weight excluding hydrogens is 382 g/mol. The summed E-state index contributed by atoms with van der Waals surface area (Å²) in [5.41, 5.74) is 3.31. The molecule has 0 saturated carbocycles. The highest BCUT2D eigenvalue weighted by molar-refractivity contribution is 5.95. The molecule has 0 radical (unpaired) electrons. The Morgan fingerprint density at radius 1 is 1.10 bits per heavy atom. The maximum atomic E-state index is 12.6. The Labute approximate surface area is 177 Å². The van der Waals surface area contributed by atoms with Gasteiger partial charge in [-0.25, -0.2) is 4.79 Å². The highest BCUT2D eigenvalue weighted by Gasteiger charge is 2.31. The molecule has 1 atom stereocenters. The van der Waals surface area contributed by atoms with Crippen LogP contribution in [0, 0.1) is 0 Å². The number of nitrogens with one attached hydrogen (secondary N) is 2. The van der Waals surface area contributed by atoms with Gasteiger partial charge in [0.15, 0.2) is 11.5 Å². The van der Waals surface area contributed by atoms with Crippen LogP contribution in [0.3, 0.4) is 0 Å². The predicted molar refractivity (Wildman–Crippen MR) is 115 cm³/mol. The number of imide groups is 1. The second kappa shape index (κ2) is 9.63. The van der Waals surface area contributed by atoms with Crippen molar-refractivity contribution in [2.75, 3.05) is 27.3 Å². The molecule has 0 unspecified atom stereocenters. The van der Waals surface area contributed by atoms with Crippen molar-refractivity contribution in [3.8, 4) is 11.5 Å². The van der Waals surface area contributed by atoms with Gasteiger partial charge in [-0.3, -0.25) is 15.0 Å². The van der Waals surface area contributed by atoms with E-state index in [0.29, 0.717) is 18.0 Å². The molecule has 7 heteroatoms. The number of carbonyl (C=O) groups is 2.